The molecule has 2 amide bonds. The van der Waals surface area contributed by atoms with Gasteiger partial charge in [0.1, 0.15) is 5.82 Å². The highest BCUT2D eigenvalue weighted by Crippen LogP contribution is 2.21. The minimum atomic E-state index is -0.310. The van der Waals surface area contributed by atoms with Crippen molar-refractivity contribution < 1.29 is 14.0 Å². The fourth-order valence-electron chi connectivity index (χ4n) is 2.46. The van der Waals surface area contributed by atoms with Crippen molar-refractivity contribution in [1.29, 1.82) is 0 Å². The van der Waals surface area contributed by atoms with Gasteiger partial charge in [-0.15, -0.1) is 0 Å². The van der Waals surface area contributed by atoms with Crippen LogP contribution in [0.3, 0.4) is 0 Å². The van der Waals surface area contributed by atoms with Crippen LogP contribution in [-0.4, -0.2) is 29.8 Å². The van der Waals surface area contributed by atoms with E-state index in [9.17, 15) is 14.0 Å². The summed E-state index contributed by atoms with van der Waals surface area (Å²) in [5.74, 6) is -0.397. The third-order valence-electron chi connectivity index (χ3n) is 3.76. The first-order valence-electron chi connectivity index (χ1n) is 6.80. The van der Waals surface area contributed by atoms with Gasteiger partial charge in [0.15, 0.2) is 0 Å². The first-order chi connectivity index (χ1) is 9.47. The Balaban J connectivity index is 1.94. The van der Waals surface area contributed by atoms with Crippen molar-refractivity contribution in [2.24, 2.45) is 5.92 Å². The van der Waals surface area contributed by atoms with Crippen LogP contribution in [0.5, 0.6) is 0 Å². The van der Waals surface area contributed by atoms with Gasteiger partial charge in [0.25, 0.3) is 0 Å². The van der Waals surface area contributed by atoms with Crippen LogP contribution in [0.1, 0.15) is 25.3 Å². The molecular weight excluding hydrogens is 259 g/mol. The molecule has 1 heterocycles. The molecule has 4 nitrogen and oxygen atoms in total. The van der Waals surface area contributed by atoms with E-state index in [1.807, 2.05) is 0 Å². The Morgan fingerprint density at radius 3 is 2.50 bits per heavy atom. The second-order valence-electron chi connectivity index (χ2n) is 5.23. The minimum absolute atomic E-state index is 0.0529. The largest absolute Gasteiger partial charge is 0.343 e. The van der Waals surface area contributed by atoms with E-state index in [0.29, 0.717) is 37.2 Å². The summed E-state index contributed by atoms with van der Waals surface area (Å²) >= 11 is 0. The Hall–Kier alpha value is -1.91. The highest BCUT2D eigenvalue weighted by molar-refractivity contribution is 5.93. The van der Waals surface area contributed by atoms with E-state index in [1.54, 1.807) is 24.8 Å². The number of nitrogens with one attached hydrogen (secondary N) is 1. The predicted octanol–water partition coefficient (Wildman–Crippen LogP) is 2.33. The lowest BCUT2D eigenvalue weighted by Crippen LogP contribution is -2.40. The van der Waals surface area contributed by atoms with Crippen LogP contribution in [0.15, 0.2) is 18.2 Å². The van der Waals surface area contributed by atoms with Gasteiger partial charge in [-0.3, -0.25) is 9.59 Å². The molecule has 5 heteroatoms. The summed E-state index contributed by atoms with van der Waals surface area (Å²) < 4.78 is 13.0. The molecule has 0 spiro atoms. The van der Waals surface area contributed by atoms with E-state index >= 15 is 0 Å². The second kappa shape index (κ2) is 6.03. The molecule has 0 unspecified atom stereocenters. The molecule has 0 radical (unpaired) electrons. The average Bonchev–Trinajstić information content (AvgIpc) is 2.42. The summed E-state index contributed by atoms with van der Waals surface area (Å²) in [7, 11) is 0. The Morgan fingerprint density at radius 1 is 1.30 bits per heavy atom. The van der Waals surface area contributed by atoms with E-state index in [-0.39, 0.29) is 23.5 Å². The molecule has 20 heavy (non-hydrogen) atoms. The van der Waals surface area contributed by atoms with Crippen molar-refractivity contribution in [2.45, 2.75) is 26.7 Å². The SMILES string of the molecule is CC(=O)N1CCC(C(=O)Nc2ccc(F)cc2C)CC1. The zero-order chi connectivity index (χ0) is 14.7. The zero-order valence-corrected chi connectivity index (χ0v) is 11.8. The molecule has 1 aromatic carbocycles. The van der Waals surface area contributed by atoms with Gasteiger partial charge in [-0.25, -0.2) is 4.39 Å². The van der Waals surface area contributed by atoms with Crippen LogP contribution >= 0.6 is 0 Å². The van der Waals surface area contributed by atoms with Crippen molar-refractivity contribution in [3.8, 4) is 0 Å². The number of hydrogen-bond acceptors (Lipinski definition) is 2. The maximum atomic E-state index is 13.0. The highest BCUT2D eigenvalue weighted by Gasteiger charge is 2.26. The van der Waals surface area contributed by atoms with Gasteiger partial charge in [0.2, 0.25) is 11.8 Å². The van der Waals surface area contributed by atoms with Crippen LogP contribution in [0.25, 0.3) is 0 Å². The quantitative estimate of drug-likeness (QED) is 0.902. The fourth-order valence-corrected chi connectivity index (χ4v) is 2.46. The van der Waals surface area contributed by atoms with Crippen LogP contribution in [0.2, 0.25) is 0 Å². The number of hydrogen-bond donors (Lipinski definition) is 1. The van der Waals surface area contributed by atoms with Crippen LogP contribution in [-0.2, 0) is 9.59 Å². The van der Waals surface area contributed by atoms with Gasteiger partial charge >= 0.3 is 0 Å². The Morgan fingerprint density at radius 2 is 1.95 bits per heavy atom. The van der Waals surface area contributed by atoms with Crippen molar-refractivity contribution >= 4 is 17.5 Å². The number of rotatable bonds is 2. The topological polar surface area (TPSA) is 49.4 Å². The van der Waals surface area contributed by atoms with Crippen LogP contribution < -0.4 is 5.32 Å². The second-order valence-corrected chi connectivity index (χ2v) is 5.23. The van der Waals surface area contributed by atoms with E-state index in [1.165, 1.54) is 12.1 Å². The molecule has 1 aliphatic heterocycles. The molecule has 0 aliphatic carbocycles. The summed E-state index contributed by atoms with van der Waals surface area (Å²) in [5, 5.41) is 2.84. The predicted molar refractivity (Wildman–Crippen MR) is 74.7 cm³/mol. The zero-order valence-electron chi connectivity index (χ0n) is 11.8. The number of amides is 2. The van der Waals surface area contributed by atoms with E-state index in [2.05, 4.69) is 5.32 Å². The van der Waals surface area contributed by atoms with Gasteiger partial charge < -0.3 is 10.2 Å². The molecule has 1 fully saturated rings. The van der Waals surface area contributed by atoms with Crippen molar-refractivity contribution in [3.05, 3.63) is 29.6 Å². The van der Waals surface area contributed by atoms with Gasteiger partial charge in [-0.2, -0.15) is 0 Å². The molecule has 1 aliphatic rings. The Kier molecular flexibility index (Phi) is 4.37. The molecule has 0 aromatic heterocycles. The smallest absolute Gasteiger partial charge is 0.227 e. The number of likely N-dealkylation sites (tertiary alicyclic amines) is 1. The molecule has 0 saturated carbocycles. The van der Waals surface area contributed by atoms with E-state index in [4.69, 9.17) is 0 Å². The number of halogens is 1. The Bertz CT molecular complexity index is 523. The maximum absolute atomic E-state index is 13.0. The van der Waals surface area contributed by atoms with E-state index in [0.717, 1.165) is 0 Å². The van der Waals surface area contributed by atoms with Crippen molar-refractivity contribution in [2.75, 3.05) is 18.4 Å². The lowest BCUT2D eigenvalue weighted by molar-refractivity contribution is -0.132. The van der Waals surface area contributed by atoms with E-state index < -0.39 is 0 Å². The van der Waals surface area contributed by atoms with Crippen LogP contribution in [0, 0.1) is 18.7 Å². The molecule has 0 bridgehead atoms. The molecule has 1 saturated heterocycles. The molecule has 2 rings (SSSR count). The molecule has 0 atom stereocenters. The lowest BCUT2D eigenvalue weighted by Gasteiger charge is -2.30. The summed E-state index contributed by atoms with van der Waals surface area (Å²) in [6.07, 6.45) is 1.34. The van der Waals surface area contributed by atoms with Crippen molar-refractivity contribution in [1.82, 2.24) is 4.90 Å². The van der Waals surface area contributed by atoms with Gasteiger partial charge in [-0.1, -0.05) is 0 Å². The number of nitrogens with zero attached hydrogens (tertiary/aromatic N) is 1. The summed E-state index contributed by atoms with van der Waals surface area (Å²) in [4.78, 5) is 25.2. The monoisotopic (exact) mass is 278 g/mol. The minimum Gasteiger partial charge on any atom is -0.343 e. The average molecular weight is 278 g/mol. The third kappa shape index (κ3) is 3.35. The standard InChI is InChI=1S/C15H19FN2O2/c1-10-9-13(16)3-4-14(10)17-15(20)12-5-7-18(8-6-12)11(2)19/h3-4,9,12H,5-8H2,1-2H3,(H,17,20). The third-order valence-corrected chi connectivity index (χ3v) is 3.76. The summed E-state index contributed by atoms with van der Waals surface area (Å²) in [6, 6.07) is 4.31. The number of carbonyl (C=O) groups is 2. The maximum Gasteiger partial charge on any atom is 0.227 e. The normalized spacial score (nSPS) is 16.1. The number of anilines is 1. The van der Waals surface area contributed by atoms with Gasteiger partial charge in [0, 0.05) is 31.6 Å². The van der Waals surface area contributed by atoms with Gasteiger partial charge in [0.05, 0.1) is 0 Å². The first kappa shape index (κ1) is 14.5. The Labute approximate surface area is 118 Å². The molecular formula is C15H19FN2O2. The first-order valence-corrected chi connectivity index (χ1v) is 6.80. The number of carbonyl (C=O) groups excluding carboxylic acids is 2. The lowest BCUT2D eigenvalue weighted by atomic mass is 9.95. The highest BCUT2D eigenvalue weighted by atomic mass is 19.1. The number of aryl methyl sites for hydroxylation is 1. The molecule has 1 aromatic rings. The van der Waals surface area contributed by atoms with Gasteiger partial charge in [-0.05, 0) is 43.5 Å². The summed E-state index contributed by atoms with van der Waals surface area (Å²) in [5.41, 5.74) is 1.35. The number of benzene rings is 1. The summed E-state index contributed by atoms with van der Waals surface area (Å²) in [6.45, 7) is 4.55. The number of piperidine rings is 1. The van der Waals surface area contributed by atoms with Crippen molar-refractivity contribution in [3.63, 3.8) is 0 Å². The van der Waals surface area contributed by atoms with Crippen LogP contribution in [0.4, 0.5) is 10.1 Å². The fraction of sp³-hybridized carbons (Fsp3) is 0.467. The molecule has 1 N–H and O–H groups in total. The molecule has 108 valence electrons.